The normalized spacial score (nSPS) is 11.7. The minimum atomic E-state index is -0.306. The summed E-state index contributed by atoms with van der Waals surface area (Å²) >= 11 is 0. The minimum absolute atomic E-state index is 0.109. The maximum absolute atomic E-state index is 13.5. The first-order valence-corrected chi connectivity index (χ1v) is 11.2. The zero-order valence-electron chi connectivity index (χ0n) is 20.3. The number of fused-ring (bicyclic) bond motifs is 1. The van der Waals surface area contributed by atoms with Crippen molar-refractivity contribution in [3.8, 4) is 23.0 Å². The molecular formula is C27H32O6. The van der Waals surface area contributed by atoms with E-state index in [0.717, 1.165) is 11.3 Å². The molecule has 0 atom stereocenters. The van der Waals surface area contributed by atoms with Crippen molar-refractivity contribution in [1.82, 2.24) is 0 Å². The lowest BCUT2D eigenvalue weighted by Gasteiger charge is -2.17. The number of hydrogen-bond donors (Lipinski definition) is 0. The lowest BCUT2D eigenvalue weighted by Crippen LogP contribution is -2.17. The maximum atomic E-state index is 13.5. The summed E-state index contributed by atoms with van der Waals surface area (Å²) in [6.07, 6.45) is 3.35. The second-order valence-electron chi connectivity index (χ2n) is 8.50. The van der Waals surface area contributed by atoms with Crippen molar-refractivity contribution < 1.29 is 23.4 Å². The van der Waals surface area contributed by atoms with Gasteiger partial charge in [-0.2, -0.15) is 0 Å². The number of methoxy groups -OCH3 is 1. The molecule has 1 aromatic heterocycles. The van der Waals surface area contributed by atoms with E-state index in [1.807, 2.05) is 71.9 Å². The fourth-order valence-electron chi connectivity index (χ4n) is 3.31. The first-order chi connectivity index (χ1) is 15.7. The van der Waals surface area contributed by atoms with Gasteiger partial charge in [0.2, 0.25) is 11.2 Å². The Labute approximate surface area is 194 Å². The van der Waals surface area contributed by atoms with Crippen LogP contribution in [0.1, 0.15) is 52.9 Å². The second kappa shape index (κ2) is 10.5. The van der Waals surface area contributed by atoms with Crippen molar-refractivity contribution in [3.63, 3.8) is 0 Å². The van der Waals surface area contributed by atoms with E-state index < -0.39 is 0 Å². The average molecular weight is 453 g/mol. The molecule has 0 aliphatic carbocycles. The standard InChI is InChI=1S/C27H32O6/c1-16(2)30-20-11-8-19(9-12-20)10-13-23-27(32-18(5)6)25(28)24-21(33-23)14-15-22(29-7)26(24)31-17(3)4/h8-18H,1-7H3. The predicted molar refractivity (Wildman–Crippen MR) is 132 cm³/mol. The van der Waals surface area contributed by atoms with Gasteiger partial charge in [0.15, 0.2) is 17.3 Å². The van der Waals surface area contributed by atoms with Gasteiger partial charge < -0.3 is 23.4 Å². The molecule has 0 radical (unpaired) electrons. The molecule has 6 nitrogen and oxygen atoms in total. The van der Waals surface area contributed by atoms with Gasteiger partial charge in [0.25, 0.3) is 0 Å². The van der Waals surface area contributed by atoms with E-state index in [0.29, 0.717) is 28.2 Å². The third-order valence-corrected chi connectivity index (χ3v) is 4.57. The summed E-state index contributed by atoms with van der Waals surface area (Å²) in [4.78, 5) is 13.5. The first kappa shape index (κ1) is 24.2. The number of ether oxygens (including phenoxy) is 4. The third kappa shape index (κ3) is 5.89. The highest BCUT2D eigenvalue weighted by Gasteiger charge is 2.22. The van der Waals surface area contributed by atoms with Crippen LogP contribution in [0.4, 0.5) is 0 Å². The topological polar surface area (TPSA) is 67.1 Å². The van der Waals surface area contributed by atoms with Crippen LogP contribution in [0.25, 0.3) is 23.1 Å². The smallest absolute Gasteiger partial charge is 0.239 e. The molecule has 0 bridgehead atoms. The molecule has 176 valence electrons. The van der Waals surface area contributed by atoms with Crippen LogP contribution < -0.4 is 24.4 Å². The Kier molecular flexibility index (Phi) is 7.69. The van der Waals surface area contributed by atoms with E-state index in [4.69, 9.17) is 23.4 Å². The molecule has 0 saturated heterocycles. The molecule has 0 aliphatic heterocycles. The molecule has 0 N–H and O–H groups in total. The van der Waals surface area contributed by atoms with Gasteiger partial charge in [-0.25, -0.2) is 0 Å². The molecule has 0 unspecified atom stereocenters. The quantitative estimate of drug-likeness (QED) is 0.378. The summed E-state index contributed by atoms with van der Waals surface area (Å²) in [7, 11) is 1.54. The highest BCUT2D eigenvalue weighted by molar-refractivity contribution is 5.89. The lowest BCUT2D eigenvalue weighted by atomic mass is 10.1. The SMILES string of the molecule is COc1ccc2oc(C=Cc3ccc(OC(C)C)cc3)c(OC(C)C)c(=O)c2c1OC(C)C. The van der Waals surface area contributed by atoms with Crippen molar-refractivity contribution in [2.75, 3.05) is 7.11 Å². The van der Waals surface area contributed by atoms with Crippen LogP contribution in [0.2, 0.25) is 0 Å². The molecular weight excluding hydrogens is 420 g/mol. The molecule has 6 heteroatoms. The maximum Gasteiger partial charge on any atom is 0.239 e. The number of benzene rings is 2. The Morgan fingerprint density at radius 3 is 1.94 bits per heavy atom. The Morgan fingerprint density at radius 2 is 1.36 bits per heavy atom. The molecule has 0 spiro atoms. The largest absolute Gasteiger partial charge is 0.493 e. The molecule has 3 rings (SSSR count). The molecule has 1 heterocycles. The summed E-state index contributed by atoms with van der Waals surface area (Å²) in [6, 6.07) is 11.1. The highest BCUT2D eigenvalue weighted by Crippen LogP contribution is 2.37. The van der Waals surface area contributed by atoms with Gasteiger partial charge in [-0.15, -0.1) is 0 Å². The zero-order valence-corrected chi connectivity index (χ0v) is 20.3. The van der Waals surface area contributed by atoms with Crippen LogP contribution in [-0.4, -0.2) is 25.4 Å². The van der Waals surface area contributed by atoms with E-state index in [2.05, 4.69) is 0 Å². The van der Waals surface area contributed by atoms with Crippen LogP contribution >= 0.6 is 0 Å². The van der Waals surface area contributed by atoms with Crippen molar-refractivity contribution in [2.24, 2.45) is 0 Å². The van der Waals surface area contributed by atoms with Crippen molar-refractivity contribution >= 4 is 23.1 Å². The van der Waals surface area contributed by atoms with Crippen LogP contribution in [0.15, 0.2) is 45.6 Å². The van der Waals surface area contributed by atoms with Gasteiger partial charge in [-0.3, -0.25) is 4.79 Å². The van der Waals surface area contributed by atoms with Crippen molar-refractivity contribution in [1.29, 1.82) is 0 Å². The number of hydrogen-bond acceptors (Lipinski definition) is 6. The lowest BCUT2D eigenvalue weighted by molar-refractivity contribution is 0.228. The van der Waals surface area contributed by atoms with Crippen LogP contribution in [0, 0.1) is 0 Å². The summed E-state index contributed by atoms with van der Waals surface area (Å²) in [5.41, 5.74) is 1.02. The van der Waals surface area contributed by atoms with Gasteiger partial charge in [0.05, 0.1) is 25.4 Å². The Balaban J connectivity index is 2.11. The summed E-state index contributed by atoms with van der Waals surface area (Å²) in [5, 5.41) is 0.297. The van der Waals surface area contributed by atoms with Gasteiger partial charge in [-0.1, -0.05) is 18.2 Å². The van der Waals surface area contributed by atoms with Crippen LogP contribution in [0.3, 0.4) is 0 Å². The molecule has 3 aromatic rings. The Hall–Kier alpha value is -3.41. The summed E-state index contributed by atoms with van der Waals surface area (Å²) in [6.45, 7) is 11.5. The molecule has 33 heavy (non-hydrogen) atoms. The van der Waals surface area contributed by atoms with Gasteiger partial charge in [-0.05, 0) is 77.4 Å². The Bertz CT molecular complexity index is 1170. The zero-order chi connectivity index (χ0) is 24.1. The number of rotatable bonds is 9. The van der Waals surface area contributed by atoms with Gasteiger partial charge >= 0.3 is 0 Å². The predicted octanol–water partition coefficient (Wildman–Crippen LogP) is 6.33. The van der Waals surface area contributed by atoms with E-state index in [1.165, 1.54) is 7.11 Å². The third-order valence-electron chi connectivity index (χ3n) is 4.57. The van der Waals surface area contributed by atoms with E-state index in [1.54, 1.807) is 18.2 Å². The minimum Gasteiger partial charge on any atom is -0.493 e. The van der Waals surface area contributed by atoms with E-state index in [-0.39, 0.29) is 29.5 Å². The van der Waals surface area contributed by atoms with E-state index >= 15 is 0 Å². The van der Waals surface area contributed by atoms with Crippen LogP contribution in [-0.2, 0) is 0 Å². The summed E-state index contributed by atoms with van der Waals surface area (Å²) < 4.78 is 29.1. The van der Waals surface area contributed by atoms with Crippen LogP contribution in [0.5, 0.6) is 23.0 Å². The molecule has 0 fully saturated rings. The average Bonchev–Trinajstić information content (AvgIpc) is 2.74. The van der Waals surface area contributed by atoms with Crippen molar-refractivity contribution in [2.45, 2.75) is 59.9 Å². The first-order valence-electron chi connectivity index (χ1n) is 11.2. The Morgan fingerprint density at radius 1 is 0.758 bits per heavy atom. The monoisotopic (exact) mass is 452 g/mol. The van der Waals surface area contributed by atoms with Crippen molar-refractivity contribution in [3.05, 3.63) is 57.9 Å². The van der Waals surface area contributed by atoms with Gasteiger partial charge in [0.1, 0.15) is 16.7 Å². The highest BCUT2D eigenvalue weighted by atomic mass is 16.5. The molecule has 2 aromatic carbocycles. The molecule has 0 saturated carbocycles. The fraction of sp³-hybridized carbons (Fsp3) is 0.370. The second-order valence-corrected chi connectivity index (χ2v) is 8.50. The molecule has 0 amide bonds. The molecule has 0 aliphatic rings. The van der Waals surface area contributed by atoms with Gasteiger partial charge in [0, 0.05) is 0 Å². The summed E-state index contributed by atoms with van der Waals surface area (Å²) in [5.74, 6) is 2.09. The fourth-order valence-corrected chi connectivity index (χ4v) is 3.31. The van der Waals surface area contributed by atoms with E-state index in [9.17, 15) is 4.79 Å².